The van der Waals surface area contributed by atoms with Crippen molar-refractivity contribution in [2.45, 2.75) is 10.2 Å². The first-order valence-corrected chi connectivity index (χ1v) is 7.80. The Labute approximate surface area is 114 Å². The van der Waals surface area contributed by atoms with Crippen LogP contribution in [0.4, 0.5) is 0 Å². The molecule has 0 heterocycles. The second-order valence-electron chi connectivity index (χ2n) is 3.83. The molecule has 0 aromatic heterocycles. The van der Waals surface area contributed by atoms with Gasteiger partial charge in [-0.2, -0.15) is 8.42 Å². The SMILES string of the molecule is O=S(=O)(O)c1ccc(-c2ccc(CBr)cc2)cc1. The zero-order valence-electron chi connectivity index (χ0n) is 9.38. The van der Waals surface area contributed by atoms with Gasteiger partial charge in [0.2, 0.25) is 0 Å². The van der Waals surface area contributed by atoms with Crippen LogP contribution in [-0.4, -0.2) is 13.0 Å². The Morgan fingerprint density at radius 2 is 1.33 bits per heavy atom. The molecular formula is C13H11BrO3S. The fourth-order valence-electron chi connectivity index (χ4n) is 1.61. The number of rotatable bonds is 3. The van der Waals surface area contributed by atoms with E-state index in [1.807, 2.05) is 24.3 Å². The van der Waals surface area contributed by atoms with Crippen molar-refractivity contribution < 1.29 is 13.0 Å². The van der Waals surface area contributed by atoms with Crippen LogP contribution in [0.15, 0.2) is 53.4 Å². The smallest absolute Gasteiger partial charge is 0.282 e. The molecule has 0 aliphatic carbocycles. The summed E-state index contributed by atoms with van der Waals surface area (Å²) in [5.74, 6) is 0. The van der Waals surface area contributed by atoms with Gasteiger partial charge in [0.1, 0.15) is 0 Å². The van der Waals surface area contributed by atoms with E-state index in [4.69, 9.17) is 4.55 Å². The van der Waals surface area contributed by atoms with E-state index in [2.05, 4.69) is 15.9 Å². The summed E-state index contributed by atoms with van der Waals surface area (Å²) < 4.78 is 30.7. The molecule has 0 bridgehead atoms. The summed E-state index contributed by atoms with van der Waals surface area (Å²) in [6.45, 7) is 0. The molecule has 0 aliphatic rings. The molecule has 0 unspecified atom stereocenters. The van der Waals surface area contributed by atoms with E-state index in [1.54, 1.807) is 12.1 Å². The van der Waals surface area contributed by atoms with Crippen LogP contribution in [0, 0.1) is 0 Å². The summed E-state index contributed by atoms with van der Waals surface area (Å²) in [4.78, 5) is -0.0941. The Morgan fingerprint density at radius 1 is 0.889 bits per heavy atom. The minimum absolute atomic E-state index is 0.0941. The molecule has 0 saturated carbocycles. The van der Waals surface area contributed by atoms with Gasteiger partial charge >= 0.3 is 0 Å². The van der Waals surface area contributed by atoms with Gasteiger partial charge in [-0.3, -0.25) is 4.55 Å². The summed E-state index contributed by atoms with van der Waals surface area (Å²) in [6.07, 6.45) is 0. The van der Waals surface area contributed by atoms with Gasteiger partial charge in [-0.1, -0.05) is 52.3 Å². The van der Waals surface area contributed by atoms with Gasteiger partial charge < -0.3 is 0 Å². The molecular weight excluding hydrogens is 316 g/mol. The van der Waals surface area contributed by atoms with Crippen molar-refractivity contribution in [3.05, 3.63) is 54.1 Å². The molecule has 0 aliphatic heterocycles. The monoisotopic (exact) mass is 326 g/mol. The number of benzene rings is 2. The largest absolute Gasteiger partial charge is 0.294 e. The van der Waals surface area contributed by atoms with Crippen molar-refractivity contribution in [3.8, 4) is 11.1 Å². The highest BCUT2D eigenvalue weighted by Crippen LogP contribution is 2.22. The minimum Gasteiger partial charge on any atom is -0.282 e. The van der Waals surface area contributed by atoms with E-state index in [-0.39, 0.29) is 4.90 Å². The molecule has 3 nitrogen and oxygen atoms in total. The number of hydrogen-bond acceptors (Lipinski definition) is 2. The number of hydrogen-bond donors (Lipinski definition) is 1. The zero-order chi connectivity index (χ0) is 13.2. The maximum Gasteiger partial charge on any atom is 0.294 e. The lowest BCUT2D eigenvalue weighted by molar-refractivity contribution is 0.483. The Bertz CT molecular complexity index is 631. The van der Waals surface area contributed by atoms with Gasteiger partial charge in [-0.15, -0.1) is 0 Å². The first-order valence-electron chi connectivity index (χ1n) is 5.23. The third-order valence-electron chi connectivity index (χ3n) is 2.59. The average Bonchev–Trinajstić information content (AvgIpc) is 2.38. The lowest BCUT2D eigenvalue weighted by atomic mass is 10.0. The first-order chi connectivity index (χ1) is 8.50. The lowest BCUT2D eigenvalue weighted by Gasteiger charge is -2.04. The van der Waals surface area contributed by atoms with E-state index in [0.29, 0.717) is 0 Å². The highest BCUT2D eigenvalue weighted by Gasteiger charge is 2.08. The van der Waals surface area contributed by atoms with Crippen molar-refractivity contribution >= 4 is 26.0 Å². The van der Waals surface area contributed by atoms with E-state index >= 15 is 0 Å². The fourth-order valence-corrected chi connectivity index (χ4v) is 2.46. The van der Waals surface area contributed by atoms with Gasteiger partial charge in [-0.25, -0.2) is 0 Å². The predicted molar refractivity (Wildman–Crippen MR) is 74.3 cm³/mol. The minimum atomic E-state index is -4.12. The molecule has 1 N–H and O–H groups in total. The van der Waals surface area contributed by atoms with Crippen LogP contribution in [0.25, 0.3) is 11.1 Å². The number of halogens is 1. The molecule has 18 heavy (non-hydrogen) atoms. The normalized spacial score (nSPS) is 11.4. The number of alkyl halides is 1. The van der Waals surface area contributed by atoms with Crippen molar-refractivity contribution in [1.82, 2.24) is 0 Å². The van der Waals surface area contributed by atoms with Gasteiger partial charge in [0.25, 0.3) is 10.1 Å². The van der Waals surface area contributed by atoms with E-state index < -0.39 is 10.1 Å². The molecule has 0 atom stereocenters. The first kappa shape index (κ1) is 13.3. The van der Waals surface area contributed by atoms with E-state index in [1.165, 1.54) is 17.7 Å². The topological polar surface area (TPSA) is 54.4 Å². The van der Waals surface area contributed by atoms with E-state index in [9.17, 15) is 8.42 Å². The van der Waals surface area contributed by atoms with Crippen molar-refractivity contribution in [2.75, 3.05) is 0 Å². The van der Waals surface area contributed by atoms with Crippen LogP contribution in [0.1, 0.15) is 5.56 Å². The molecule has 0 saturated heterocycles. The van der Waals surface area contributed by atoms with Crippen molar-refractivity contribution in [2.24, 2.45) is 0 Å². The van der Waals surface area contributed by atoms with Gasteiger partial charge in [0.05, 0.1) is 4.90 Å². The maximum atomic E-state index is 10.9. The molecule has 2 rings (SSSR count). The van der Waals surface area contributed by atoms with Crippen LogP contribution in [0.3, 0.4) is 0 Å². The summed E-state index contributed by atoms with van der Waals surface area (Å²) in [7, 11) is -4.12. The molecule has 0 spiro atoms. The van der Waals surface area contributed by atoms with Gasteiger partial charge in [0, 0.05) is 5.33 Å². The molecule has 2 aromatic carbocycles. The van der Waals surface area contributed by atoms with Gasteiger partial charge in [0.15, 0.2) is 0 Å². The average molecular weight is 327 g/mol. The summed E-state index contributed by atoms with van der Waals surface area (Å²) in [5, 5.41) is 0.801. The molecule has 94 valence electrons. The standard InChI is InChI=1S/C13H11BrO3S/c14-9-10-1-3-11(4-2-10)12-5-7-13(8-6-12)18(15,16)17/h1-8H,9H2,(H,15,16,17). The van der Waals surface area contributed by atoms with Gasteiger partial charge in [-0.05, 0) is 28.8 Å². The Morgan fingerprint density at radius 3 is 1.72 bits per heavy atom. The Kier molecular flexibility index (Phi) is 3.85. The lowest BCUT2D eigenvalue weighted by Crippen LogP contribution is -1.97. The summed E-state index contributed by atoms with van der Waals surface area (Å²) in [6, 6.07) is 14.1. The third kappa shape index (κ3) is 2.98. The summed E-state index contributed by atoms with van der Waals surface area (Å²) >= 11 is 3.38. The van der Waals surface area contributed by atoms with Crippen LogP contribution in [0.5, 0.6) is 0 Å². The second kappa shape index (κ2) is 5.22. The fraction of sp³-hybridized carbons (Fsp3) is 0.0769. The Balaban J connectivity index is 2.34. The van der Waals surface area contributed by atoms with Crippen LogP contribution < -0.4 is 0 Å². The molecule has 5 heteroatoms. The molecule has 2 aromatic rings. The Hall–Kier alpha value is -1.17. The second-order valence-corrected chi connectivity index (χ2v) is 5.81. The molecule has 0 radical (unpaired) electrons. The highest BCUT2D eigenvalue weighted by molar-refractivity contribution is 9.08. The third-order valence-corrected chi connectivity index (χ3v) is 4.11. The van der Waals surface area contributed by atoms with Crippen LogP contribution in [0.2, 0.25) is 0 Å². The molecule has 0 fully saturated rings. The van der Waals surface area contributed by atoms with Crippen LogP contribution in [-0.2, 0) is 15.4 Å². The van der Waals surface area contributed by atoms with Crippen molar-refractivity contribution in [1.29, 1.82) is 0 Å². The summed E-state index contributed by atoms with van der Waals surface area (Å²) in [5.41, 5.74) is 3.08. The predicted octanol–water partition coefficient (Wildman–Crippen LogP) is 3.50. The van der Waals surface area contributed by atoms with Crippen LogP contribution >= 0.6 is 15.9 Å². The van der Waals surface area contributed by atoms with Crippen molar-refractivity contribution in [3.63, 3.8) is 0 Å². The highest BCUT2D eigenvalue weighted by atomic mass is 79.9. The maximum absolute atomic E-state index is 10.9. The molecule has 0 amide bonds. The van der Waals surface area contributed by atoms with E-state index in [0.717, 1.165) is 16.5 Å². The quantitative estimate of drug-likeness (QED) is 0.693. The zero-order valence-corrected chi connectivity index (χ0v) is 11.8.